The molecule has 2 aromatic rings. The number of piperazine rings is 1. The molecule has 1 N–H and O–H groups in total. The quantitative estimate of drug-likeness (QED) is 0.905. The van der Waals surface area contributed by atoms with E-state index in [-0.39, 0.29) is 11.9 Å². The van der Waals surface area contributed by atoms with Gasteiger partial charge in [0.15, 0.2) is 0 Å². The molecule has 0 bridgehead atoms. The van der Waals surface area contributed by atoms with Gasteiger partial charge in [0.1, 0.15) is 0 Å². The first kappa shape index (κ1) is 18.1. The lowest BCUT2D eigenvalue weighted by atomic mass is 9.88. The Balaban J connectivity index is 1.30. The number of aryl methyl sites for hydroxylation is 2. The van der Waals surface area contributed by atoms with Crippen LogP contribution < -0.4 is 10.2 Å². The first-order chi connectivity index (χ1) is 13.2. The van der Waals surface area contributed by atoms with Crippen LogP contribution in [0.2, 0.25) is 0 Å². The van der Waals surface area contributed by atoms with Crippen LogP contribution in [0.25, 0.3) is 0 Å². The second-order valence-corrected chi connectivity index (χ2v) is 7.76. The number of fused-ring (bicyclic) bond motifs is 1. The van der Waals surface area contributed by atoms with E-state index in [1.807, 2.05) is 0 Å². The van der Waals surface area contributed by atoms with Crippen LogP contribution in [0.4, 0.5) is 5.69 Å². The number of hydrogen-bond donors (Lipinski definition) is 1. The van der Waals surface area contributed by atoms with E-state index in [0.717, 1.165) is 45.4 Å². The lowest BCUT2D eigenvalue weighted by molar-refractivity contribution is -0.123. The summed E-state index contributed by atoms with van der Waals surface area (Å²) in [5, 5.41) is 3.28. The molecule has 142 valence electrons. The summed E-state index contributed by atoms with van der Waals surface area (Å²) in [4.78, 5) is 17.3. The van der Waals surface area contributed by atoms with Crippen molar-refractivity contribution in [3.63, 3.8) is 0 Å². The van der Waals surface area contributed by atoms with E-state index >= 15 is 0 Å². The number of nitrogens with zero attached hydrogens (tertiary/aromatic N) is 2. The van der Waals surface area contributed by atoms with E-state index in [1.54, 1.807) is 0 Å². The van der Waals surface area contributed by atoms with Gasteiger partial charge in [-0.25, -0.2) is 0 Å². The average molecular weight is 364 g/mol. The van der Waals surface area contributed by atoms with E-state index in [1.165, 1.54) is 22.4 Å². The molecule has 0 aromatic heterocycles. The Kier molecular flexibility index (Phi) is 5.44. The molecule has 1 amide bonds. The highest BCUT2D eigenvalue weighted by Gasteiger charge is 2.24. The third-order valence-corrected chi connectivity index (χ3v) is 5.90. The average Bonchev–Trinajstić information content (AvgIpc) is 2.69. The normalized spacial score (nSPS) is 20.2. The molecule has 2 aromatic carbocycles. The van der Waals surface area contributed by atoms with Gasteiger partial charge in [-0.05, 0) is 48.9 Å². The fourth-order valence-electron chi connectivity index (χ4n) is 4.41. The molecule has 4 rings (SSSR count). The van der Waals surface area contributed by atoms with Gasteiger partial charge < -0.3 is 10.2 Å². The van der Waals surface area contributed by atoms with Crippen molar-refractivity contribution in [3.05, 3.63) is 65.2 Å². The van der Waals surface area contributed by atoms with Crippen LogP contribution in [-0.2, 0) is 11.2 Å². The number of hydrogen-bond acceptors (Lipinski definition) is 3. The second-order valence-electron chi connectivity index (χ2n) is 7.76. The van der Waals surface area contributed by atoms with E-state index in [0.29, 0.717) is 6.54 Å². The predicted octanol–water partition coefficient (Wildman–Crippen LogP) is 3.31. The predicted molar refractivity (Wildman–Crippen MR) is 110 cm³/mol. The minimum absolute atomic E-state index is 0.154. The first-order valence-corrected chi connectivity index (χ1v) is 10.1. The molecule has 1 heterocycles. The van der Waals surface area contributed by atoms with Gasteiger partial charge in [0, 0.05) is 31.9 Å². The number of benzene rings is 2. The zero-order valence-electron chi connectivity index (χ0n) is 16.2. The summed E-state index contributed by atoms with van der Waals surface area (Å²) in [6, 6.07) is 17.3. The van der Waals surface area contributed by atoms with E-state index < -0.39 is 0 Å². The number of amides is 1. The molecule has 0 spiro atoms. The molecule has 1 aliphatic carbocycles. The summed E-state index contributed by atoms with van der Waals surface area (Å²) in [6.45, 7) is 6.48. The summed E-state index contributed by atoms with van der Waals surface area (Å²) >= 11 is 0. The third kappa shape index (κ3) is 4.16. The molecule has 0 radical (unpaired) electrons. The van der Waals surface area contributed by atoms with Crippen molar-refractivity contribution in [2.45, 2.75) is 32.2 Å². The van der Waals surface area contributed by atoms with Crippen LogP contribution >= 0.6 is 0 Å². The Labute approximate surface area is 162 Å². The summed E-state index contributed by atoms with van der Waals surface area (Å²) in [6.07, 6.45) is 3.32. The maximum Gasteiger partial charge on any atom is 0.234 e. The SMILES string of the molecule is Cc1ccccc1N1CCN(CC(=O)N[C@@H]2CCCc3ccccc32)CC1. The summed E-state index contributed by atoms with van der Waals surface area (Å²) in [5.41, 5.74) is 5.34. The Bertz CT molecular complexity index is 796. The Hall–Kier alpha value is -2.33. The Morgan fingerprint density at radius 3 is 2.59 bits per heavy atom. The van der Waals surface area contributed by atoms with Crippen molar-refractivity contribution in [2.75, 3.05) is 37.6 Å². The Morgan fingerprint density at radius 1 is 1.04 bits per heavy atom. The molecule has 0 saturated carbocycles. The van der Waals surface area contributed by atoms with Crippen molar-refractivity contribution in [1.29, 1.82) is 0 Å². The van der Waals surface area contributed by atoms with Crippen molar-refractivity contribution in [1.82, 2.24) is 10.2 Å². The maximum atomic E-state index is 12.6. The molecule has 1 atom stereocenters. The van der Waals surface area contributed by atoms with Crippen LogP contribution in [0.5, 0.6) is 0 Å². The molecule has 27 heavy (non-hydrogen) atoms. The Morgan fingerprint density at radius 2 is 1.78 bits per heavy atom. The number of para-hydroxylation sites is 1. The molecule has 0 unspecified atom stereocenters. The number of anilines is 1. The van der Waals surface area contributed by atoms with Crippen LogP contribution in [0.1, 0.15) is 35.6 Å². The van der Waals surface area contributed by atoms with Gasteiger partial charge in [-0.2, -0.15) is 0 Å². The number of carbonyl (C=O) groups is 1. The summed E-state index contributed by atoms with van der Waals surface area (Å²) < 4.78 is 0. The van der Waals surface area contributed by atoms with Crippen molar-refractivity contribution in [3.8, 4) is 0 Å². The monoisotopic (exact) mass is 363 g/mol. The van der Waals surface area contributed by atoms with E-state index in [4.69, 9.17) is 0 Å². The highest BCUT2D eigenvalue weighted by molar-refractivity contribution is 5.78. The minimum atomic E-state index is 0.154. The van der Waals surface area contributed by atoms with Crippen molar-refractivity contribution >= 4 is 11.6 Å². The lowest BCUT2D eigenvalue weighted by Crippen LogP contribution is -2.50. The van der Waals surface area contributed by atoms with Gasteiger partial charge >= 0.3 is 0 Å². The fourth-order valence-corrected chi connectivity index (χ4v) is 4.41. The molecular weight excluding hydrogens is 334 g/mol. The molecular formula is C23H29N3O. The smallest absolute Gasteiger partial charge is 0.234 e. The topological polar surface area (TPSA) is 35.6 Å². The highest BCUT2D eigenvalue weighted by atomic mass is 16.2. The van der Waals surface area contributed by atoms with Crippen LogP contribution in [0, 0.1) is 6.92 Å². The molecule has 4 nitrogen and oxygen atoms in total. The van der Waals surface area contributed by atoms with Gasteiger partial charge in [0.25, 0.3) is 0 Å². The fraction of sp³-hybridized carbons (Fsp3) is 0.435. The van der Waals surface area contributed by atoms with Crippen LogP contribution in [0.15, 0.2) is 48.5 Å². The largest absolute Gasteiger partial charge is 0.369 e. The number of nitrogens with one attached hydrogen (secondary N) is 1. The number of rotatable bonds is 4. The molecule has 1 aliphatic heterocycles. The zero-order valence-corrected chi connectivity index (χ0v) is 16.2. The van der Waals surface area contributed by atoms with Crippen molar-refractivity contribution < 1.29 is 4.79 Å². The molecule has 4 heteroatoms. The number of carbonyl (C=O) groups excluding carboxylic acids is 1. The van der Waals surface area contributed by atoms with Crippen molar-refractivity contribution in [2.24, 2.45) is 0 Å². The second kappa shape index (κ2) is 8.13. The maximum absolute atomic E-state index is 12.6. The molecule has 2 aliphatic rings. The lowest BCUT2D eigenvalue weighted by Gasteiger charge is -2.36. The van der Waals surface area contributed by atoms with Gasteiger partial charge in [-0.1, -0.05) is 42.5 Å². The summed E-state index contributed by atoms with van der Waals surface area (Å²) in [7, 11) is 0. The standard InChI is InChI=1S/C23H29N3O/c1-18-7-2-5-12-22(18)26-15-13-25(14-16-26)17-23(27)24-21-11-6-9-19-8-3-4-10-20(19)21/h2-5,7-8,10,12,21H,6,9,11,13-17H2,1H3,(H,24,27)/t21-/m1/s1. The van der Waals surface area contributed by atoms with Gasteiger partial charge in [0.2, 0.25) is 5.91 Å². The summed E-state index contributed by atoms with van der Waals surface area (Å²) in [5.74, 6) is 0.154. The first-order valence-electron chi connectivity index (χ1n) is 10.1. The minimum Gasteiger partial charge on any atom is -0.369 e. The van der Waals surface area contributed by atoms with Gasteiger partial charge in [0.05, 0.1) is 12.6 Å². The molecule has 1 saturated heterocycles. The highest BCUT2D eigenvalue weighted by Crippen LogP contribution is 2.29. The van der Waals surface area contributed by atoms with Gasteiger partial charge in [-0.15, -0.1) is 0 Å². The third-order valence-electron chi connectivity index (χ3n) is 5.90. The van der Waals surface area contributed by atoms with Crippen LogP contribution in [0.3, 0.4) is 0 Å². The van der Waals surface area contributed by atoms with Crippen LogP contribution in [-0.4, -0.2) is 43.5 Å². The molecule has 1 fully saturated rings. The van der Waals surface area contributed by atoms with Gasteiger partial charge in [-0.3, -0.25) is 9.69 Å². The zero-order chi connectivity index (χ0) is 18.6. The van der Waals surface area contributed by atoms with E-state index in [9.17, 15) is 4.79 Å². The van der Waals surface area contributed by atoms with E-state index in [2.05, 4.69) is 70.6 Å².